The Labute approximate surface area is 129 Å². The van der Waals surface area contributed by atoms with Crippen LogP contribution in [-0.2, 0) is 0 Å². The van der Waals surface area contributed by atoms with E-state index in [0.29, 0.717) is 30.1 Å². The fourth-order valence-corrected chi connectivity index (χ4v) is 2.85. The standard InChI is InChI=1S/C15H21ClN2O3/c1-11-8-12(9-17-15(19)20)10-18(11)6-7-21-14-4-2-13(16)3-5-14/h2-5,11-12,17H,6-10H2,1H3,(H,19,20). The van der Waals surface area contributed by atoms with Crippen LogP contribution in [0.1, 0.15) is 13.3 Å². The predicted octanol–water partition coefficient (Wildman–Crippen LogP) is 2.70. The van der Waals surface area contributed by atoms with Crippen LogP contribution >= 0.6 is 11.6 Å². The summed E-state index contributed by atoms with van der Waals surface area (Å²) in [6, 6.07) is 7.79. The number of hydrogen-bond donors (Lipinski definition) is 2. The van der Waals surface area contributed by atoms with Crippen molar-refractivity contribution in [3.8, 4) is 5.75 Å². The highest BCUT2D eigenvalue weighted by Gasteiger charge is 2.28. The van der Waals surface area contributed by atoms with Crippen molar-refractivity contribution in [1.82, 2.24) is 10.2 Å². The van der Waals surface area contributed by atoms with E-state index >= 15 is 0 Å². The third-order valence-corrected chi connectivity index (χ3v) is 4.05. The van der Waals surface area contributed by atoms with Crippen molar-refractivity contribution in [3.63, 3.8) is 0 Å². The van der Waals surface area contributed by atoms with Gasteiger partial charge in [-0.15, -0.1) is 0 Å². The molecule has 0 aromatic heterocycles. The van der Waals surface area contributed by atoms with Crippen LogP contribution in [0.4, 0.5) is 4.79 Å². The lowest BCUT2D eigenvalue weighted by Gasteiger charge is -2.21. The van der Waals surface area contributed by atoms with Gasteiger partial charge >= 0.3 is 6.09 Å². The zero-order valence-electron chi connectivity index (χ0n) is 12.1. The molecule has 1 fully saturated rings. The third-order valence-electron chi connectivity index (χ3n) is 3.79. The molecule has 0 aliphatic carbocycles. The van der Waals surface area contributed by atoms with Crippen LogP contribution in [0.15, 0.2) is 24.3 Å². The Morgan fingerprint density at radius 2 is 2.19 bits per heavy atom. The van der Waals surface area contributed by atoms with E-state index in [1.807, 2.05) is 24.3 Å². The highest BCUT2D eigenvalue weighted by Crippen LogP contribution is 2.22. The lowest BCUT2D eigenvalue weighted by molar-refractivity contribution is 0.190. The van der Waals surface area contributed by atoms with E-state index in [1.54, 1.807) is 0 Å². The second kappa shape index (κ2) is 7.52. The molecule has 1 amide bonds. The van der Waals surface area contributed by atoms with Gasteiger partial charge in [0.2, 0.25) is 0 Å². The van der Waals surface area contributed by atoms with Gasteiger partial charge in [-0.1, -0.05) is 11.6 Å². The topological polar surface area (TPSA) is 61.8 Å². The number of benzene rings is 1. The molecular weight excluding hydrogens is 292 g/mol. The summed E-state index contributed by atoms with van der Waals surface area (Å²) < 4.78 is 5.69. The highest BCUT2D eigenvalue weighted by molar-refractivity contribution is 6.30. The van der Waals surface area contributed by atoms with Crippen molar-refractivity contribution < 1.29 is 14.6 Å². The number of carbonyl (C=O) groups is 1. The number of likely N-dealkylation sites (tertiary alicyclic amines) is 1. The van der Waals surface area contributed by atoms with Gasteiger partial charge in [-0.25, -0.2) is 4.79 Å². The summed E-state index contributed by atoms with van der Waals surface area (Å²) in [7, 11) is 0. The summed E-state index contributed by atoms with van der Waals surface area (Å²) in [5.41, 5.74) is 0. The number of nitrogens with zero attached hydrogens (tertiary/aromatic N) is 1. The molecule has 0 saturated carbocycles. The van der Waals surface area contributed by atoms with E-state index < -0.39 is 6.09 Å². The van der Waals surface area contributed by atoms with Crippen LogP contribution in [0, 0.1) is 5.92 Å². The number of halogens is 1. The fourth-order valence-electron chi connectivity index (χ4n) is 2.72. The Balaban J connectivity index is 1.70. The molecular formula is C15H21ClN2O3. The molecule has 0 radical (unpaired) electrons. The van der Waals surface area contributed by atoms with Crippen LogP contribution in [0.5, 0.6) is 5.75 Å². The Morgan fingerprint density at radius 1 is 1.48 bits per heavy atom. The molecule has 1 aliphatic heterocycles. The number of carboxylic acid groups (broad SMARTS) is 1. The van der Waals surface area contributed by atoms with Gasteiger partial charge in [0, 0.05) is 30.7 Å². The molecule has 0 spiro atoms. The average Bonchev–Trinajstić information content (AvgIpc) is 2.79. The van der Waals surface area contributed by atoms with E-state index in [1.165, 1.54) is 0 Å². The minimum atomic E-state index is -0.952. The largest absolute Gasteiger partial charge is 0.492 e. The lowest BCUT2D eigenvalue weighted by atomic mass is 10.1. The zero-order chi connectivity index (χ0) is 15.2. The summed E-state index contributed by atoms with van der Waals surface area (Å²) in [5, 5.41) is 11.8. The molecule has 2 unspecified atom stereocenters. The Kier molecular flexibility index (Phi) is 5.70. The van der Waals surface area contributed by atoms with Crippen LogP contribution in [0.2, 0.25) is 5.02 Å². The summed E-state index contributed by atoms with van der Waals surface area (Å²) in [6.07, 6.45) is 0.0634. The van der Waals surface area contributed by atoms with E-state index in [-0.39, 0.29) is 0 Å². The number of ether oxygens (including phenoxy) is 1. The van der Waals surface area contributed by atoms with Crippen molar-refractivity contribution >= 4 is 17.7 Å². The first-order chi connectivity index (χ1) is 10.0. The Hall–Kier alpha value is -1.46. The molecule has 116 valence electrons. The third kappa shape index (κ3) is 5.10. The molecule has 5 nitrogen and oxygen atoms in total. The second-order valence-electron chi connectivity index (χ2n) is 5.43. The molecule has 2 atom stereocenters. The van der Waals surface area contributed by atoms with E-state index in [0.717, 1.165) is 25.3 Å². The molecule has 2 N–H and O–H groups in total. The maximum atomic E-state index is 10.5. The Morgan fingerprint density at radius 3 is 2.86 bits per heavy atom. The van der Waals surface area contributed by atoms with Crippen molar-refractivity contribution in [1.29, 1.82) is 0 Å². The van der Waals surface area contributed by atoms with Gasteiger partial charge in [-0.2, -0.15) is 0 Å². The molecule has 0 bridgehead atoms. The van der Waals surface area contributed by atoms with Crippen LogP contribution in [-0.4, -0.2) is 48.4 Å². The molecule has 1 aromatic carbocycles. The highest BCUT2D eigenvalue weighted by atomic mass is 35.5. The van der Waals surface area contributed by atoms with Crippen molar-refractivity contribution in [2.45, 2.75) is 19.4 Å². The molecule has 1 saturated heterocycles. The number of hydrogen-bond acceptors (Lipinski definition) is 3. The van der Waals surface area contributed by atoms with E-state index in [9.17, 15) is 4.79 Å². The monoisotopic (exact) mass is 312 g/mol. The molecule has 6 heteroatoms. The van der Waals surface area contributed by atoms with E-state index in [2.05, 4.69) is 17.1 Å². The number of rotatable bonds is 6. The SMILES string of the molecule is CC1CC(CNC(=O)O)CN1CCOc1ccc(Cl)cc1. The predicted molar refractivity (Wildman–Crippen MR) is 82.1 cm³/mol. The van der Waals surface area contributed by atoms with Gasteiger partial charge in [0.25, 0.3) is 0 Å². The first kappa shape index (κ1) is 15.9. The van der Waals surface area contributed by atoms with Crippen LogP contribution in [0.3, 0.4) is 0 Å². The molecule has 1 aliphatic rings. The average molecular weight is 313 g/mol. The summed E-state index contributed by atoms with van der Waals surface area (Å²) >= 11 is 5.82. The maximum absolute atomic E-state index is 10.5. The summed E-state index contributed by atoms with van der Waals surface area (Å²) in [5.74, 6) is 1.20. The zero-order valence-corrected chi connectivity index (χ0v) is 12.8. The molecule has 21 heavy (non-hydrogen) atoms. The summed E-state index contributed by atoms with van der Waals surface area (Å²) in [6.45, 7) is 5.06. The van der Waals surface area contributed by atoms with Crippen molar-refractivity contribution in [2.24, 2.45) is 5.92 Å². The van der Waals surface area contributed by atoms with E-state index in [4.69, 9.17) is 21.4 Å². The second-order valence-corrected chi connectivity index (χ2v) is 5.87. The quantitative estimate of drug-likeness (QED) is 0.848. The lowest BCUT2D eigenvalue weighted by Crippen LogP contribution is -2.33. The van der Waals surface area contributed by atoms with Gasteiger partial charge in [0.05, 0.1) is 0 Å². The van der Waals surface area contributed by atoms with Gasteiger partial charge in [-0.05, 0) is 43.5 Å². The van der Waals surface area contributed by atoms with Gasteiger partial charge < -0.3 is 15.2 Å². The number of amides is 1. The van der Waals surface area contributed by atoms with Gasteiger partial charge in [-0.3, -0.25) is 4.90 Å². The van der Waals surface area contributed by atoms with Gasteiger partial charge in [0.1, 0.15) is 12.4 Å². The first-order valence-electron chi connectivity index (χ1n) is 7.14. The normalized spacial score (nSPS) is 22.2. The molecule has 1 heterocycles. The first-order valence-corrected chi connectivity index (χ1v) is 7.51. The minimum Gasteiger partial charge on any atom is -0.492 e. The van der Waals surface area contributed by atoms with Crippen molar-refractivity contribution in [3.05, 3.63) is 29.3 Å². The van der Waals surface area contributed by atoms with Crippen LogP contribution < -0.4 is 10.1 Å². The number of nitrogens with one attached hydrogen (secondary N) is 1. The maximum Gasteiger partial charge on any atom is 0.404 e. The van der Waals surface area contributed by atoms with Crippen LogP contribution in [0.25, 0.3) is 0 Å². The van der Waals surface area contributed by atoms with Crippen molar-refractivity contribution in [2.75, 3.05) is 26.2 Å². The molecule has 2 rings (SSSR count). The Bertz CT molecular complexity index is 466. The molecule has 1 aromatic rings. The smallest absolute Gasteiger partial charge is 0.404 e. The summed E-state index contributed by atoms with van der Waals surface area (Å²) in [4.78, 5) is 12.9. The van der Waals surface area contributed by atoms with Gasteiger partial charge in [0.15, 0.2) is 0 Å². The fraction of sp³-hybridized carbons (Fsp3) is 0.533. The minimum absolute atomic E-state index is 0.381.